The van der Waals surface area contributed by atoms with Crippen LogP contribution in [0.15, 0.2) is 49.6 Å². The molecule has 0 saturated heterocycles. The Labute approximate surface area is 119 Å². The van der Waals surface area contributed by atoms with Gasteiger partial charge in [-0.25, -0.2) is 0 Å². The highest BCUT2D eigenvalue weighted by molar-refractivity contribution is 14.1. The lowest BCUT2D eigenvalue weighted by Crippen LogP contribution is -2.50. The van der Waals surface area contributed by atoms with Gasteiger partial charge in [0.1, 0.15) is 0 Å². The molecule has 0 radical (unpaired) electrons. The summed E-state index contributed by atoms with van der Waals surface area (Å²) in [5.41, 5.74) is 0. The summed E-state index contributed by atoms with van der Waals surface area (Å²) in [4.78, 5) is 0. The predicted octanol–water partition coefficient (Wildman–Crippen LogP) is 3.85. The van der Waals surface area contributed by atoms with Gasteiger partial charge < -0.3 is 4.43 Å². The fourth-order valence-electron chi connectivity index (χ4n) is 2.02. The van der Waals surface area contributed by atoms with Crippen molar-refractivity contribution in [2.75, 3.05) is 6.61 Å². The van der Waals surface area contributed by atoms with Gasteiger partial charge in [0.2, 0.25) is 8.32 Å². The van der Waals surface area contributed by atoms with Gasteiger partial charge in [-0.1, -0.05) is 24.3 Å². The molecule has 0 spiro atoms. The molecule has 17 heavy (non-hydrogen) atoms. The molecule has 0 heterocycles. The van der Waals surface area contributed by atoms with Crippen LogP contribution >= 0.6 is 22.6 Å². The predicted molar refractivity (Wildman–Crippen MR) is 86.2 cm³/mol. The van der Waals surface area contributed by atoms with Crippen LogP contribution in [0.5, 0.6) is 0 Å². The topological polar surface area (TPSA) is 9.23 Å². The normalized spacial score (nSPS) is 11.2. The number of hydrogen-bond acceptors (Lipinski definition) is 1. The maximum atomic E-state index is 6.13. The third kappa shape index (κ3) is 3.79. The van der Waals surface area contributed by atoms with Crippen molar-refractivity contribution < 1.29 is 4.43 Å². The first-order chi connectivity index (χ1) is 8.18. The Bertz CT molecular complexity index is 362. The molecule has 0 aliphatic carbocycles. The van der Waals surface area contributed by atoms with Crippen LogP contribution in [0.4, 0.5) is 0 Å². The van der Waals surface area contributed by atoms with Crippen molar-refractivity contribution in [2.24, 2.45) is 0 Å². The molecule has 1 aromatic carbocycles. The number of benzene rings is 1. The van der Waals surface area contributed by atoms with Gasteiger partial charge in [0.25, 0.3) is 0 Å². The Morgan fingerprint density at radius 1 is 1.18 bits per heavy atom. The van der Waals surface area contributed by atoms with Crippen molar-refractivity contribution >= 4 is 36.1 Å². The van der Waals surface area contributed by atoms with Crippen LogP contribution in [0.2, 0.25) is 12.1 Å². The highest BCUT2D eigenvalue weighted by Crippen LogP contribution is 2.19. The van der Waals surface area contributed by atoms with Crippen molar-refractivity contribution in [1.29, 1.82) is 0 Å². The summed E-state index contributed by atoms with van der Waals surface area (Å²) in [6.45, 7) is 10.6. The molecular weight excluding hydrogens is 339 g/mol. The molecule has 0 aromatic heterocycles. The Balaban J connectivity index is 3.13. The third-order valence-corrected chi connectivity index (χ3v) is 7.58. The lowest BCUT2D eigenvalue weighted by Gasteiger charge is -2.29. The summed E-state index contributed by atoms with van der Waals surface area (Å²) in [6, 6.07) is 10.5. The second kappa shape index (κ2) is 7.13. The summed E-state index contributed by atoms with van der Waals surface area (Å²) >= 11 is 2.32. The second-order valence-corrected chi connectivity index (χ2v) is 8.84. The Kier molecular flexibility index (Phi) is 6.15. The summed E-state index contributed by atoms with van der Waals surface area (Å²) in [6.07, 6.45) is 3.95. The zero-order chi connectivity index (χ0) is 12.7. The smallest absolute Gasteiger partial charge is 0.231 e. The quantitative estimate of drug-likeness (QED) is 0.409. The molecule has 0 bridgehead atoms. The highest BCUT2D eigenvalue weighted by atomic mass is 127. The van der Waals surface area contributed by atoms with Crippen LogP contribution in [-0.4, -0.2) is 14.9 Å². The summed E-state index contributed by atoms with van der Waals surface area (Å²) in [5, 5.41) is 1.33. The van der Waals surface area contributed by atoms with E-state index in [0.29, 0.717) is 0 Å². The average Bonchev–Trinajstić information content (AvgIpc) is 2.30. The molecule has 0 amide bonds. The Hall–Kier alpha value is -0.393. The standard InChI is InChI=1S/C14H19IOSi/c1-4-11-17(12-5-2,16-6-3)14-9-7-13(15)8-10-14/h4-5,7-10H,1-2,6,11-12H2,3H3. The van der Waals surface area contributed by atoms with Crippen LogP contribution in [0.1, 0.15) is 6.92 Å². The van der Waals surface area contributed by atoms with Gasteiger partial charge in [-0.05, 0) is 58.9 Å². The van der Waals surface area contributed by atoms with E-state index in [1.165, 1.54) is 8.76 Å². The minimum Gasteiger partial charge on any atom is -0.412 e. The van der Waals surface area contributed by atoms with Gasteiger partial charge in [0.15, 0.2) is 0 Å². The maximum Gasteiger partial charge on any atom is 0.231 e. The van der Waals surface area contributed by atoms with Crippen molar-refractivity contribution in [3.05, 3.63) is 53.1 Å². The van der Waals surface area contributed by atoms with Gasteiger partial charge in [-0.3, -0.25) is 0 Å². The number of rotatable bonds is 7. The average molecular weight is 358 g/mol. The highest BCUT2D eigenvalue weighted by Gasteiger charge is 2.34. The second-order valence-electron chi connectivity index (χ2n) is 3.92. The number of halogens is 1. The molecule has 3 heteroatoms. The molecule has 0 saturated carbocycles. The summed E-state index contributed by atoms with van der Waals surface area (Å²) in [5.74, 6) is 0. The van der Waals surface area contributed by atoms with Gasteiger partial charge in [0.05, 0.1) is 0 Å². The molecule has 0 aliphatic heterocycles. The van der Waals surface area contributed by atoms with Gasteiger partial charge in [-0.2, -0.15) is 0 Å². The molecule has 1 aromatic rings. The SMILES string of the molecule is C=CC[Si](CC=C)(OCC)c1ccc(I)cc1. The van der Waals surface area contributed by atoms with E-state index in [1.54, 1.807) is 0 Å². The summed E-state index contributed by atoms with van der Waals surface area (Å²) in [7, 11) is -1.93. The molecule has 1 rings (SSSR count). The zero-order valence-electron chi connectivity index (χ0n) is 10.3. The van der Waals surface area contributed by atoms with Crippen LogP contribution in [0.25, 0.3) is 0 Å². The largest absolute Gasteiger partial charge is 0.412 e. The first kappa shape index (κ1) is 14.7. The lowest BCUT2D eigenvalue weighted by atomic mass is 10.4. The van der Waals surface area contributed by atoms with E-state index in [2.05, 4.69) is 66.9 Å². The molecule has 0 N–H and O–H groups in total. The van der Waals surface area contributed by atoms with Gasteiger partial charge >= 0.3 is 0 Å². The lowest BCUT2D eigenvalue weighted by molar-refractivity contribution is 0.333. The fraction of sp³-hybridized carbons (Fsp3) is 0.286. The van der Waals surface area contributed by atoms with E-state index in [4.69, 9.17) is 4.43 Å². The molecule has 92 valence electrons. The van der Waals surface area contributed by atoms with Gasteiger partial charge in [0, 0.05) is 10.2 Å². The van der Waals surface area contributed by atoms with Crippen LogP contribution in [0.3, 0.4) is 0 Å². The van der Waals surface area contributed by atoms with Crippen LogP contribution in [-0.2, 0) is 4.43 Å². The minimum absolute atomic E-state index is 0.750. The number of hydrogen-bond donors (Lipinski definition) is 0. The van der Waals surface area contributed by atoms with Crippen molar-refractivity contribution in [1.82, 2.24) is 0 Å². The molecule has 0 atom stereocenters. The monoisotopic (exact) mass is 358 g/mol. The first-order valence-electron chi connectivity index (χ1n) is 5.80. The minimum atomic E-state index is -1.93. The zero-order valence-corrected chi connectivity index (χ0v) is 13.4. The Morgan fingerprint density at radius 3 is 2.12 bits per heavy atom. The van der Waals surface area contributed by atoms with Crippen LogP contribution in [0, 0.1) is 3.57 Å². The van der Waals surface area contributed by atoms with Gasteiger partial charge in [-0.15, -0.1) is 13.2 Å². The van der Waals surface area contributed by atoms with E-state index < -0.39 is 8.32 Å². The van der Waals surface area contributed by atoms with E-state index in [9.17, 15) is 0 Å². The van der Waals surface area contributed by atoms with E-state index in [0.717, 1.165) is 18.7 Å². The summed E-state index contributed by atoms with van der Waals surface area (Å²) < 4.78 is 7.38. The number of allylic oxidation sites excluding steroid dienone is 2. The van der Waals surface area contributed by atoms with Crippen molar-refractivity contribution in [3.63, 3.8) is 0 Å². The van der Waals surface area contributed by atoms with Crippen molar-refractivity contribution in [2.45, 2.75) is 19.0 Å². The molecule has 1 nitrogen and oxygen atoms in total. The maximum absolute atomic E-state index is 6.13. The van der Waals surface area contributed by atoms with E-state index in [1.807, 2.05) is 12.2 Å². The van der Waals surface area contributed by atoms with E-state index >= 15 is 0 Å². The molecule has 0 unspecified atom stereocenters. The molecular formula is C14H19IOSi. The molecule has 0 aliphatic rings. The molecule has 0 fully saturated rings. The van der Waals surface area contributed by atoms with Crippen LogP contribution < -0.4 is 5.19 Å². The fourth-order valence-corrected chi connectivity index (χ4v) is 5.68. The first-order valence-corrected chi connectivity index (χ1v) is 9.20. The van der Waals surface area contributed by atoms with E-state index in [-0.39, 0.29) is 0 Å². The Morgan fingerprint density at radius 2 is 1.71 bits per heavy atom. The van der Waals surface area contributed by atoms with Crippen molar-refractivity contribution in [3.8, 4) is 0 Å². The third-order valence-electron chi connectivity index (χ3n) is 2.74.